The van der Waals surface area contributed by atoms with Crippen molar-refractivity contribution in [3.63, 3.8) is 0 Å². The molecule has 0 rings (SSSR count). The van der Waals surface area contributed by atoms with E-state index < -0.39 is 32.5 Å². The number of ether oxygens (including phenoxy) is 2. The zero-order valence-electron chi connectivity index (χ0n) is 18.7. The monoisotopic (exact) mass is 452 g/mol. The molecule has 0 amide bonds. The lowest BCUT2D eigenvalue weighted by Crippen LogP contribution is -2.29. The van der Waals surface area contributed by atoms with Crippen LogP contribution in [0, 0.1) is 0 Å². The Morgan fingerprint density at radius 1 is 0.733 bits per heavy atom. The van der Waals surface area contributed by atoms with Crippen LogP contribution in [-0.2, 0) is 28.2 Å². The van der Waals surface area contributed by atoms with E-state index in [0.29, 0.717) is 12.8 Å². The maximum Gasteiger partial charge on any atom is 0.469 e. The van der Waals surface area contributed by atoms with E-state index in [1.165, 1.54) is 32.1 Å². The number of hydrogen-bond acceptors (Lipinski definition) is 6. The molecule has 0 aromatic carbocycles. The molecule has 0 aliphatic heterocycles. The maximum absolute atomic E-state index is 12.0. The summed E-state index contributed by atoms with van der Waals surface area (Å²) in [5.74, 6) is -0.918. The third-order valence-electron chi connectivity index (χ3n) is 4.63. The largest absolute Gasteiger partial charge is 0.469 e. The van der Waals surface area contributed by atoms with Crippen LogP contribution in [0.1, 0.15) is 104 Å². The molecule has 0 aliphatic carbocycles. The summed E-state index contributed by atoms with van der Waals surface area (Å²) in [6.45, 7) is 3.40. The van der Waals surface area contributed by atoms with E-state index in [9.17, 15) is 14.2 Å². The van der Waals surface area contributed by atoms with E-state index in [2.05, 4.69) is 11.4 Å². The van der Waals surface area contributed by atoms with Crippen LogP contribution in [0.3, 0.4) is 0 Å². The van der Waals surface area contributed by atoms with E-state index in [1.54, 1.807) is 0 Å². The topological polar surface area (TPSA) is 119 Å². The van der Waals surface area contributed by atoms with E-state index in [1.807, 2.05) is 6.92 Å². The molecule has 0 aromatic rings. The Labute approximate surface area is 181 Å². The van der Waals surface area contributed by atoms with Crippen LogP contribution in [0.5, 0.6) is 0 Å². The molecule has 1 atom stereocenters. The van der Waals surface area contributed by atoms with Crippen LogP contribution in [0.4, 0.5) is 0 Å². The lowest BCUT2D eigenvalue weighted by Gasteiger charge is -2.18. The zero-order chi connectivity index (χ0) is 22.7. The van der Waals surface area contributed by atoms with Crippen molar-refractivity contribution in [2.24, 2.45) is 0 Å². The van der Waals surface area contributed by atoms with Gasteiger partial charge in [0.25, 0.3) is 0 Å². The Morgan fingerprint density at radius 3 is 1.77 bits per heavy atom. The van der Waals surface area contributed by atoms with Crippen molar-refractivity contribution >= 4 is 19.8 Å². The average Bonchev–Trinajstić information content (AvgIpc) is 2.68. The minimum Gasteiger partial charge on any atom is -0.462 e. The second kappa shape index (κ2) is 18.8. The maximum atomic E-state index is 12.0. The molecule has 8 nitrogen and oxygen atoms in total. The Morgan fingerprint density at radius 2 is 1.20 bits per heavy atom. The lowest BCUT2D eigenvalue weighted by molar-refractivity contribution is -0.161. The highest BCUT2D eigenvalue weighted by atomic mass is 31.2. The molecule has 2 N–H and O–H groups in total. The van der Waals surface area contributed by atoms with E-state index in [-0.39, 0.29) is 19.4 Å². The van der Waals surface area contributed by atoms with Gasteiger partial charge < -0.3 is 19.3 Å². The summed E-state index contributed by atoms with van der Waals surface area (Å²) in [7, 11) is -4.71. The Kier molecular flexibility index (Phi) is 18.2. The molecule has 0 saturated carbocycles. The van der Waals surface area contributed by atoms with Crippen LogP contribution in [0.2, 0.25) is 0 Å². The number of esters is 2. The van der Waals surface area contributed by atoms with Gasteiger partial charge in [-0.25, -0.2) is 4.57 Å². The summed E-state index contributed by atoms with van der Waals surface area (Å²) in [6.07, 6.45) is 12.1. The van der Waals surface area contributed by atoms with Gasteiger partial charge in [0.15, 0.2) is 6.10 Å². The second-order valence-electron chi connectivity index (χ2n) is 7.62. The average molecular weight is 453 g/mol. The van der Waals surface area contributed by atoms with Gasteiger partial charge in [-0.05, 0) is 12.8 Å². The summed E-state index contributed by atoms with van der Waals surface area (Å²) in [6, 6.07) is 0. The molecule has 0 spiro atoms. The van der Waals surface area contributed by atoms with Crippen LogP contribution in [0.25, 0.3) is 0 Å². The van der Waals surface area contributed by atoms with Crippen LogP contribution >= 0.6 is 7.82 Å². The van der Waals surface area contributed by atoms with Gasteiger partial charge in [-0.2, -0.15) is 0 Å². The van der Waals surface area contributed by atoms with Crippen molar-refractivity contribution in [1.29, 1.82) is 0 Å². The third kappa shape index (κ3) is 20.3. The van der Waals surface area contributed by atoms with Gasteiger partial charge in [0.05, 0.1) is 6.61 Å². The molecule has 0 bridgehead atoms. The molecule has 0 heterocycles. The number of phosphoric ester groups is 1. The van der Waals surface area contributed by atoms with Crippen molar-refractivity contribution in [1.82, 2.24) is 0 Å². The van der Waals surface area contributed by atoms with E-state index in [0.717, 1.165) is 32.1 Å². The fourth-order valence-electron chi connectivity index (χ4n) is 2.90. The molecule has 0 fully saturated rings. The predicted octanol–water partition coefficient (Wildman–Crippen LogP) is 5.05. The molecule has 0 saturated heterocycles. The highest BCUT2D eigenvalue weighted by molar-refractivity contribution is 7.46. The molecule has 30 heavy (non-hydrogen) atoms. The number of carbonyl (C=O) groups excluding carboxylic acids is 2. The Balaban J connectivity index is 4.13. The lowest BCUT2D eigenvalue weighted by atomic mass is 10.1. The van der Waals surface area contributed by atoms with Crippen molar-refractivity contribution in [3.05, 3.63) is 0 Å². The van der Waals surface area contributed by atoms with Gasteiger partial charge in [-0.3, -0.25) is 14.1 Å². The zero-order valence-corrected chi connectivity index (χ0v) is 19.6. The summed E-state index contributed by atoms with van der Waals surface area (Å²) in [5.41, 5.74) is 0. The first-order valence-electron chi connectivity index (χ1n) is 11.3. The molecule has 0 aliphatic rings. The van der Waals surface area contributed by atoms with Crippen molar-refractivity contribution < 1.29 is 37.9 Å². The fraction of sp³-hybridized carbons (Fsp3) is 0.905. The molecule has 0 radical (unpaired) electrons. The van der Waals surface area contributed by atoms with E-state index in [4.69, 9.17) is 19.3 Å². The van der Waals surface area contributed by atoms with Crippen molar-refractivity contribution in [2.45, 2.75) is 110 Å². The van der Waals surface area contributed by atoms with Crippen LogP contribution in [-0.4, -0.2) is 41.0 Å². The van der Waals surface area contributed by atoms with Crippen LogP contribution < -0.4 is 0 Å². The summed E-state index contributed by atoms with van der Waals surface area (Å²) in [4.78, 5) is 41.4. The molecular formula is C21H41O8P. The highest BCUT2D eigenvalue weighted by Crippen LogP contribution is 2.35. The minimum absolute atomic E-state index is 0.215. The molecule has 9 heteroatoms. The molecular weight excluding hydrogens is 411 g/mol. The number of rotatable bonds is 20. The van der Waals surface area contributed by atoms with Gasteiger partial charge in [0.1, 0.15) is 6.61 Å². The first-order chi connectivity index (χ1) is 14.3. The fourth-order valence-corrected chi connectivity index (χ4v) is 3.26. The number of phosphoric acid groups is 1. The van der Waals surface area contributed by atoms with Crippen molar-refractivity contribution in [3.8, 4) is 0 Å². The first-order valence-corrected chi connectivity index (χ1v) is 12.9. The predicted molar refractivity (Wildman–Crippen MR) is 115 cm³/mol. The van der Waals surface area contributed by atoms with Crippen molar-refractivity contribution in [2.75, 3.05) is 13.2 Å². The normalized spacial score (nSPS) is 12.5. The van der Waals surface area contributed by atoms with Gasteiger partial charge >= 0.3 is 19.8 Å². The second-order valence-corrected chi connectivity index (χ2v) is 8.86. The van der Waals surface area contributed by atoms with E-state index >= 15 is 0 Å². The highest BCUT2D eigenvalue weighted by Gasteiger charge is 2.22. The third-order valence-corrected chi connectivity index (χ3v) is 5.11. The van der Waals surface area contributed by atoms with Gasteiger partial charge in [-0.15, -0.1) is 0 Å². The summed E-state index contributed by atoms with van der Waals surface area (Å²) >= 11 is 0. The minimum atomic E-state index is -4.71. The molecule has 178 valence electrons. The van der Waals surface area contributed by atoms with Gasteiger partial charge in [-0.1, -0.05) is 78.1 Å². The summed E-state index contributed by atoms with van der Waals surface area (Å²) < 4.78 is 25.6. The number of unbranched alkanes of at least 4 members (excludes halogenated alkanes) is 10. The molecule has 0 unspecified atom stereocenters. The number of hydrogen-bond donors (Lipinski definition) is 2. The smallest absolute Gasteiger partial charge is 0.462 e. The van der Waals surface area contributed by atoms with Gasteiger partial charge in [0.2, 0.25) is 0 Å². The first kappa shape index (κ1) is 29.1. The summed E-state index contributed by atoms with van der Waals surface area (Å²) in [5, 5.41) is 0. The SMILES string of the molecule is CCCCCCCCCCCC(=O)O[C@@H](COC(=O)CCCCC)COP(=O)(O)O. The quantitative estimate of drug-likeness (QED) is 0.150. The van der Waals surface area contributed by atoms with Crippen LogP contribution in [0.15, 0.2) is 0 Å². The van der Waals surface area contributed by atoms with Gasteiger partial charge in [0, 0.05) is 12.8 Å². The Hall–Kier alpha value is -0.950. The Bertz CT molecular complexity index is 491. The molecule has 0 aromatic heterocycles. The number of carbonyl (C=O) groups is 2. The standard InChI is InChI=1S/C21H41O8P/c1-3-5-7-8-9-10-11-12-14-16-21(23)29-19(18-28-30(24,25)26)17-27-20(22)15-13-6-4-2/h19H,3-18H2,1-2H3,(H2,24,25,26)/t19-/m0/s1.